The van der Waals surface area contributed by atoms with Crippen LogP contribution in [0.5, 0.6) is 12.0 Å². The Labute approximate surface area is 112 Å². The molecular weight excluding hydrogens is 250 g/mol. The Morgan fingerprint density at radius 3 is 2.32 bits per heavy atom. The first-order chi connectivity index (χ1) is 9.00. The molecule has 0 saturated carbocycles. The summed E-state index contributed by atoms with van der Waals surface area (Å²) in [7, 11) is 1.66. The van der Waals surface area contributed by atoms with Crippen molar-refractivity contribution < 1.29 is 14.2 Å². The van der Waals surface area contributed by atoms with Crippen molar-refractivity contribution in [1.82, 2.24) is 15.0 Å². The van der Waals surface area contributed by atoms with E-state index < -0.39 is 0 Å². The van der Waals surface area contributed by atoms with Gasteiger partial charge in [-0.05, 0) is 20.8 Å². The van der Waals surface area contributed by atoms with Gasteiger partial charge in [0.1, 0.15) is 0 Å². The lowest BCUT2D eigenvalue weighted by Gasteiger charge is -2.22. The van der Waals surface area contributed by atoms with Gasteiger partial charge in [-0.25, -0.2) is 5.84 Å². The highest BCUT2D eigenvalue weighted by Gasteiger charge is 2.17. The number of aromatic nitrogens is 3. The molecule has 0 atom stereocenters. The molecule has 0 aromatic carbocycles. The van der Waals surface area contributed by atoms with Gasteiger partial charge in [0, 0.05) is 13.5 Å². The zero-order valence-electron chi connectivity index (χ0n) is 11.8. The van der Waals surface area contributed by atoms with E-state index in [1.54, 1.807) is 7.11 Å². The number of hydrazine groups is 1. The van der Waals surface area contributed by atoms with Gasteiger partial charge in [-0.2, -0.15) is 9.97 Å². The Kier molecular flexibility index (Phi) is 5.71. The molecule has 8 heteroatoms. The molecular formula is C11H21N5O3. The van der Waals surface area contributed by atoms with Gasteiger partial charge in [0.15, 0.2) is 0 Å². The highest BCUT2D eigenvalue weighted by atomic mass is 16.5. The molecule has 0 aliphatic heterocycles. The molecule has 0 aliphatic carbocycles. The van der Waals surface area contributed by atoms with Gasteiger partial charge in [0.25, 0.3) is 0 Å². The summed E-state index contributed by atoms with van der Waals surface area (Å²) in [4.78, 5) is 11.9. The fourth-order valence-electron chi connectivity index (χ4n) is 1.15. The van der Waals surface area contributed by atoms with Gasteiger partial charge in [-0.15, -0.1) is 4.98 Å². The number of nitrogen functional groups attached to an aromatic ring is 1. The second-order valence-corrected chi connectivity index (χ2v) is 4.36. The molecule has 1 aromatic heterocycles. The summed E-state index contributed by atoms with van der Waals surface area (Å²) in [5.74, 6) is 5.46. The number of nitrogens with zero attached hydrogens (tertiary/aromatic N) is 3. The second-order valence-electron chi connectivity index (χ2n) is 4.36. The number of nitrogens with two attached hydrogens (primary N) is 1. The van der Waals surface area contributed by atoms with Crippen molar-refractivity contribution in [3.8, 4) is 12.0 Å². The minimum Gasteiger partial charge on any atom is -0.464 e. The van der Waals surface area contributed by atoms with E-state index in [1.165, 1.54) is 0 Å². The minimum absolute atomic E-state index is 0.165. The molecule has 0 unspecified atom stereocenters. The van der Waals surface area contributed by atoms with Gasteiger partial charge < -0.3 is 14.2 Å². The SMILES string of the molecule is CCOc1nc(NN)nc(OCCC(C)(C)OC)n1. The van der Waals surface area contributed by atoms with E-state index in [2.05, 4.69) is 20.4 Å². The van der Waals surface area contributed by atoms with E-state index in [4.69, 9.17) is 20.1 Å². The average molecular weight is 271 g/mol. The van der Waals surface area contributed by atoms with Gasteiger partial charge in [-0.3, -0.25) is 5.43 Å². The van der Waals surface area contributed by atoms with Crippen LogP contribution in [0.4, 0.5) is 5.95 Å². The minimum atomic E-state index is -0.259. The van der Waals surface area contributed by atoms with Crippen molar-refractivity contribution >= 4 is 5.95 Å². The standard InChI is InChI=1S/C11H21N5O3/c1-5-18-9-13-8(16-12)14-10(15-9)19-7-6-11(2,3)17-4/h5-7,12H2,1-4H3,(H,13,14,15,16). The third-order valence-corrected chi connectivity index (χ3v) is 2.48. The highest BCUT2D eigenvalue weighted by molar-refractivity contribution is 5.25. The fourth-order valence-corrected chi connectivity index (χ4v) is 1.15. The Bertz CT molecular complexity index is 400. The number of anilines is 1. The Morgan fingerprint density at radius 2 is 1.79 bits per heavy atom. The molecule has 108 valence electrons. The van der Waals surface area contributed by atoms with Crippen LogP contribution >= 0.6 is 0 Å². The third kappa shape index (κ3) is 5.23. The van der Waals surface area contributed by atoms with Gasteiger partial charge in [0.2, 0.25) is 5.95 Å². The molecule has 1 aromatic rings. The molecule has 0 spiro atoms. The first kappa shape index (κ1) is 15.4. The van der Waals surface area contributed by atoms with Gasteiger partial charge in [-0.1, -0.05) is 0 Å². The molecule has 0 amide bonds. The zero-order chi connectivity index (χ0) is 14.3. The summed E-state index contributed by atoms with van der Waals surface area (Å²) in [6.45, 7) is 6.65. The largest absolute Gasteiger partial charge is 0.464 e. The van der Waals surface area contributed by atoms with Crippen LogP contribution in [0.1, 0.15) is 27.2 Å². The summed E-state index contributed by atoms with van der Waals surface area (Å²) in [6.07, 6.45) is 0.699. The van der Waals surface area contributed by atoms with Gasteiger partial charge >= 0.3 is 12.0 Å². The summed E-state index contributed by atoms with van der Waals surface area (Å²) < 4.78 is 15.9. The highest BCUT2D eigenvalue weighted by Crippen LogP contribution is 2.15. The Morgan fingerprint density at radius 1 is 1.16 bits per heavy atom. The third-order valence-electron chi connectivity index (χ3n) is 2.48. The predicted molar refractivity (Wildman–Crippen MR) is 70.0 cm³/mol. The first-order valence-corrected chi connectivity index (χ1v) is 6.04. The molecule has 3 N–H and O–H groups in total. The molecule has 0 radical (unpaired) electrons. The van der Waals surface area contributed by atoms with Crippen LogP contribution in [0, 0.1) is 0 Å². The van der Waals surface area contributed by atoms with Crippen LogP contribution < -0.4 is 20.7 Å². The molecule has 0 saturated heterocycles. The fraction of sp³-hybridized carbons (Fsp3) is 0.727. The van der Waals surface area contributed by atoms with E-state index in [1.807, 2.05) is 20.8 Å². The molecule has 8 nitrogen and oxygen atoms in total. The number of methoxy groups -OCH3 is 1. The smallest absolute Gasteiger partial charge is 0.324 e. The average Bonchev–Trinajstić information content (AvgIpc) is 2.38. The normalized spacial score (nSPS) is 11.2. The van der Waals surface area contributed by atoms with E-state index in [9.17, 15) is 0 Å². The van der Waals surface area contributed by atoms with Crippen molar-refractivity contribution in [3.05, 3.63) is 0 Å². The number of nitrogens with one attached hydrogen (secondary N) is 1. The van der Waals surface area contributed by atoms with Crippen molar-refractivity contribution in [3.63, 3.8) is 0 Å². The summed E-state index contributed by atoms with van der Waals surface area (Å²) in [6, 6.07) is 0.338. The lowest BCUT2D eigenvalue weighted by atomic mass is 10.1. The Balaban J connectivity index is 2.64. The first-order valence-electron chi connectivity index (χ1n) is 6.04. The van der Waals surface area contributed by atoms with Gasteiger partial charge in [0.05, 0.1) is 18.8 Å². The molecule has 19 heavy (non-hydrogen) atoms. The van der Waals surface area contributed by atoms with Crippen molar-refractivity contribution in [1.29, 1.82) is 0 Å². The van der Waals surface area contributed by atoms with E-state index >= 15 is 0 Å². The summed E-state index contributed by atoms with van der Waals surface area (Å²) in [5.41, 5.74) is 2.08. The molecule has 1 heterocycles. The molecule has 1 rings (SSSR count). The molecule has 0 bridgehead atoms. The molecule has 0 fully saturated rings. The van der Waals surface area contributed by atoms with Crippen LogP contribution in [0.15, 0.2) is 0 Å². The number of ether oxygens (including phenoxy) is 3. The van der Waals surface area contributed by atoms with Crippen LogP contribution in [0.2, 0.25) is 0 Å². The van der Waals surface area contributed by atoms with E-state index in [-0.39, 0.29) is 23.6 Å². The summed E-state index contributed by atoms with van der Waals surface area (Å²) >= 11 is 0. The van der Waals surface area contributed by atoms with Crippen molar-refractivity contribution in [2.24, 2.45) is 5.84 Å². The maximum absolute atomic E-state index is 5.46. The second kappa shape index (κ2) is 7.05. The van der Waals surface area contributed by atoms with E-state index in [0.29, 0.717) is 19.6 Å². The van der Waals surface area contributed by atoms with Crippen LogP contribution in [-0.4, -0.2) is 40.9 Å². The van der Waals surface area contributed by atoms with Crippen LogP contribution in [-0.2, 0) is 4.74 Å². The zero-order valence-corrected chi connectivity index (χ0v) is 11.8. The van der Waals surface area contributed by atoms with Crippen molar-refractivity contribution in [2.75, 3.05) is 25.7 Å². The summed E-state index contributed by atoms with van der Waals surface area (Å²) in [5, 5.41) is 0. The topological polar surface area (TPSA) is 104 Å². The lowest BCUT2D eigenvalue weighted by molar-refractivity contribution is 0.00461. The Hall–Kier alpha value is -1.67. The van der Waals surface area contributed by atoms with E-state index in [0.717, 1.165) is 0 Å². The maximum Gasteiger partial charge on any atom is 0.324 e. The number of rotatable bonds is 8. The van der Waals surface area contributed by atoms with Crippen LogP contribution in [0.3, 0.4) is 0 Å². The number of hydrogen-bond acceptors (Lipinski definition) is 8. The lowest BCUT2D eigenvalue weighted by Crippen LogP contribution is -2.25. The monoisotopic (exact) mass is 271 g/mol. The number of hydrogen-bond donors (Lipinski definition) is 2. The quantitative estimate of drug-likeness (QED) is 0.527. The maximum atomic E-state index is 5.46. The predicted octanol–water partition coefficient (Wildman–Crippen LogP) is 0.750. The molecule has 0 aliphatic rings. The van der Waals surface area contributed by atoms with Crippen molar-refractivity contribution in [2.45, 2.75) is 32.8 Å². The van der Waals surface area contributed by atoms with Crippen LogP contribution in [0.25, 0.3) is 0 Å².